The van der Waals surface area contributed by atoms with E-state index in [4.69, 9.17) is 10.8 Å². The summed E-state index contributed by atoms with van der Waals surface area (Å²) >= 11 is 0. The highest BCUT2D eigenvalue weighted by Gasteiger charge is 2.30. The molecule has 78 valence electrons. The first-order valence-electron chi connectivity index (χ1n) is 5.20. The van der Waals surface area contributed by atoms with Crippen LogP contribution in [0.5, 0.6) is 0 Å². The fraction of sp³-hybridized carbons (Fsp3) is 0.700. The number of nitrogens with zero attached hydrogens (tertiary/aromatic N) is 2. The van der Waals surface area contributed by atoms with E-state index >= 15 is 0 Å². The van der Waals surface area contributed by atoms with E-state index in [1.165, 1.54) is 12.8 Å². The lowest BCUT2D eigenvalue weighted by Gasteiger charge is -2.06. The monoisotopic (exact) mass is 195 g/mol. The summed E-state index contributed by atoms with van der Waals surface area (Å²) in [4.78, 5) is 0. The van der Waals surface area contributed by atoms with Gasteiger partial charge in [-0.1, -0.05) is 0 Å². The number of rotatable bonds is 4. The van der Waals surface area contributed by atoms with E-state index in [1.54, 1.807) is 0 Å². The largest absolute Gasteiger partial charge is 0.394 e. The highest BCUT2D eigenvalue weighted by atomic mass is 16.3. The lowest BCUT2D eigenvalue weighted by atomic mass is 10.1. The molecule has 1 aliphatic carbocycles. The number of aromatic nitrogens is 2. The average molecular weight is 195 g/mol. The van der Waals surface area contributed by atoms with E-state index in [9.17, 15) is 0 Å². The summed E-state index contributed by atoms with van der Waals surface area (Å²) in [5, 5.41) is 13.5. The van der Waals surface area contributed by atoms with Gasteiger partial charge in [0.15, 0.2) is 0 Å². The predicted octanol–water partition coefficient (Wildman–Crippen LogP) is 0.772. The maximum absolute atomic E-state index is 9.03. The minimum Gasteiger partial charge on any atom is -0.394 e. The Bertz CT molecular complexity index is 317. The van der Waals surface area contributed by atoms with Crippen LogP contribution in [0, 0.1) is 0 Å². The Balaban J connectivity index is 2.30. The Kier molecular flexibility index (Phi) is 2.56. The van der Waals surface area contributed by atoms with Crippen molar-refractivity contribution >= 4 is 0 Å². The fourth-order valence-corrected chi connectivity index (χ4v) is 1.67. The third-order valence-corrected chi connectivity index (χ3v) is 2.70. The Morgan fingerprint density at radius 2 is 2.43 bits per heavy atom. The molecule has 14 heavy (non-hydrogen) atoms. The molecule has 0 saturated heterocycles. The quantitative estimate of drug-likeness (QED) is 0.746. The molecule has 1 aromatic rings. The summed E-state index contributed by atoms with van der Waals surface area (Å²) in [6.45, 7) is 2.91. The summed E-state index contributed by atoms with van der Waals surface area (Å²) < 4.78 is 1.90. The number of aryl methyl sites for hydroxylation is 1. The van der Waals surface area contributed by atoms with E-state index in [-0.39, 0.29) is 12.6 Å². The van der Waals surface area contributed by atoms with Crippen molar-refractivity contribution < 1.29 is 5.11 Å². The van der Waals surface area contributed by atoms with Crippen LogP contribution in [0.1, 0.15) is 43.0 Å². The van der Waals surface area contributed by atoms with Gasteiger partial charge in [0, 0.05) is 24.2 Å². The summed E-state index contributed by atoms with van der Waals surface area (Å²) in [5.41, 5.74) is 7.96. The van der Waals surface area contributed by atoms with Crippen LogP contribution in [0.3, 0.4) is 0 Å². The lowest BCUT2D eigenvalue weighted by Crippen LogP contribution is -2.15. The molecular formula is C10H17N3O. The van der Waals surface area contributed by atoms with Gasteiger partial charge in [-0.15, -0.1) is 0 Å². The summed E-state index contributed by atoms with van der Waals surface area (Å²) in [5.74, 6) is 0.593. The molecular weight excluding hydrogens is 178 g/mol. The highest BCUT2D eigenvalue weighted by Crippen LogP contribution is 2.41. The lowest BCUT2D eigenvalue weighted by molar-refractivity contribution is 0.267. The minimum absolute atomic E-state index is 0.00483. The van der Waals surface area contributed by atoms with Crippen LogP contribution < -0.4 is 5.73 Å². The molecule has 1 saturated carbocycles. The van der Waals surface area contributed by atoms with Crippen molar-refractivity contribution in [1.82, 2.24) is 9.78 Å². The molecule has 3 N–H and O–H groups in total. The maximum Gasteiger partial charge on any atom is 0.0704 e. The Labute approximate surface area is 83.7 Å². The molecule has 2 rings (SSSR count). The van der Waals surface area contributed by atoms with Crippen LogP contribution in [0.25, 0.3) is 0 Å². The zero-order valence-corrected chi connectivity index (χ0v) is 8.48. The SMILES string of the molecule is CCn1cc(C(N)CO)c(C2CC2)n1. The molecule has 1 fully saturated rings. The van der Waals surface area contributed by atoms with E-state index < -0.39 is 0 Å². The Hall–Kier alpha value is -0.870. The first kappa shape index (κ1) is 9.68. The van der Waals surface area contributed by atoms with Crippen molar-refractivity contribution in [3.8, 4) is 0 Å². The second kappa shape index (κ2) is 3.71. The zero-order chi connectivity index (χ0) is 10.1. The predicted molar refractivity (Wildman–Crippen MR) is 53.9 cm³/mol. The molecule has 4 heteroatoms. The van der Waals surface area contributed by atoms with Gasteiger partial charge in [0.2, 0.25) is 0 Å². The number of nitrogens with two attached hydrogens (primary N) is 1. The summed E-state index contributed by atoms with van der Waals surface area (Å²) in [6.07, 6.45) is 4.40. The van der Waals surface area contributed by atoms with Crippen molar-refractivity contribution in [2.75, 3.05) is 6.61 Å². The molecule has 0 aromatic carbocycles. The highest BCUT2D eigenvalue weighted by molar-refractivity contribution is 5.27. The van der Waals surface area contributed by atoms with Gasteiger partial charge in [-0.05, 0) is 19.8 Å². The van der Waals surface area contributed by atoms with Crippen molar-refractivity contribution in [3.63, 3.8) is 0 Å². The Morgan fingerprint density at radius 1 is 1.71 bits per heavy atom. The standard InChI is InChI=1S/C10H17N3O/c1-2-13-5-8(9(11)6-14)10(12-13)7-3-4-7/h5,7,9,14H,2-4,6,11H2,1H3. The minimum atomic E-state index is -0.272. The molecule has 1 heterocycles. The van der Waals surface area contributed by atoms with Gasteiger partial charge in [-0.25, -0.2) is 0 Å². The number of hydrogen-bond donors (Lipinski definition) is 2. The van der Waals surface area contributed by atoms with Gasteiger partial charge < -0.3 is 10.8 Å². The first-order chi connectivity index (χ1) is 6.76. The fourth-order valence-electron chi connectivity index (χ4n) is 1.67. The molecule has 0 spiro atoms. The molecule has 4 nitrogen and oxygen atoms in total. The topological polar surface area (TPSA) is 64.1 Å². The first-order valence-corrected chi connectivity index (χ1v) is 5.20. The second-order valence-electron chi connectivity index (χ2n) is 3.89. The smallest absolute Gasteiger partial charge is 0.0704 e. The van der Waals surface area contributed by atoms with Crippen molar-refractivity contribution in [3.05, 3.63) is 17.5 Å². The van der Waals surface area contributed by atoms with E-state index in [1.807, 2.05) is 10.9 Å². The van der Waals surface area contributed by atoms with Crippen LogP contribution >= 0.6 is 0 Å². The van der Waals surface area contributed by atoms with Gasteiger partial charge in [0.05, 0.1) is 18.3 Å². The number of aliphatic hydroxyl groups excluding tert-OH is 1. The summed E-state index contributed by atoms with van der Waals surface area (Å²) in [6, 6.07) is -0.272. The zero-order valence-electron chi connectivity index (χ0n) is 8.48. The van der Waals surface area contributed by atoms with Gasteiger partial charge >= 0.3 is 0 Å². The molecule has 0 bridgehead atoms. The van der Waals surface area contributed by atoms with Gasteiger partial charge in [-0.2, -0.15) is 5.10 Å². The van der Waals surface area contributed by atoms with Gasteiger partial charge in [0.25, 0.3) is 0 Å². The van der Waals surface area contributed by atoms with Crippen LogP contribution in [0.4, 0.5) is 0 Å². The molecule has 1 unspecified atom stereocenters. The van der Waals surface area contributed by atoms with Gasteiger partial charge in [0.1, 0.15) is 0 Å². The van der Waals surface area contributed by atoms with E-state index in [0.29, 0.717) is 5.92 Å². The van der Waals surface area contributed by atoms with Crippen LogP contribution in [0.15, 0.2) is 6.20 Å². The van der Waals surface area contributed by atoms with Crippen LogP contribution in [-0.2, 0) is 6.54 Å². The normalized spacial score (nSPS) is 18.5. The molecule has 1 aromatic heterocycles. The van der Waals surface area contributed by atoms with Crippen LogP contribution in [-0.4, -0.2) is 21.5 Å². The molecule has 1 aliphatic rings. The van der Waals surface area contributed by atoms with E-state index in [2.05, 4.69) is 12.0 Å². The maximum atomic E-state index is 9.03. The van der Waals surface area contributed by atoms with Crippen molar-refractivity contribution in [2.24, 2.45) is 5.73 Å². The van der Waals surface area contributed by atoms with Crippen LogP contribution in [0.2, 0.25) is 0 Å². The van der Waals surface area contributed by atoms with Crippen molar-refractivity contribution in [1.29, 1.82) is 0 Å². The molecule has 0 amide bonds. The molecule has 0 aliphatic heterocycles. The third kappa shape index (κ3) is 1.67. The molecule has 0 radical (unpaired) electrons. The number of aliphatic hydroxyl groups is 1. The Morgan fingerprint density at radius 3 is 2.93 bits per heavy atom. The summed E-state index contributed by atoms with van der Waals surface area (Å²) in [7, 11) is 0. The molecule has 1 atom stereocenters. The van der Waals surface area contributed by atoms with E-state index in [0.717, 1.165) is 17.8 Å². The second-order valence-corrected chi connectivity index (χ2v) is 3.89. The third-order valence-electron chi connectivity index (χ3n) is 2.70. The average Bonchev–Trinajstić information content (AvgIpc) is 2.97. The number of hydrogen-bond acceptors (Lipinski definition) is 3. The van der Waals surface area contributed by atoms with Gasteiger partial charge in [-0.3, -0.25) is 4.68 Å². The van der Waals surface area contributed by atoms with Crippen molar-refractivity contribution in [2.45, 2.75) is 38.3 Å².